The van der Waals surface area contributed by atoms with Crippen LogP contribution < -0.4 is 0 Å². The molecule has 0 aromatic carbocycles. The third kappa shape index (κ3) is 2.98. The third-order valence-corrected chi connectivity index (χ3v) is 4.89. The summed E-state index contributed by atoms with van der Waals surface area (Å²) in [5.41, 5.74) is 2.15. The van der Waals surface area contributed by atoms with Gasteiger partial charge in [0.15, 0.2) is 5.69 Å². The number of hydrogen-bond acceptors (Lipinski definition) is 3. The first kappa shape index (κ1) is 17.1. The molecule has 0 saturated heterocycles. The van der Waals surface area contributed by atoms with Crippen molar-refractivity contribution in [3.05, 3.63) is 23.5 Å². The van der Waals surface area contributed by atoms with Crippen LogP contribution in [-0.2, 0) is 17.7 Å². The maximum absolute atomic E-state index is 13.4. The van der Waals surface area contributed by atoms with Crippen molar-refractivity contribution in [2.45, 2.75) is 58.9 Å². The molecule has 2 aliphatic rings. The summed E-state index contributed by atoms with van der Waals surface area (Å²) >= 11 is 0. The summed E-state index contributed by atoms with van der Waals surface area (Å²) in [6.45, 7) is 10.6. The van der Waals surface area contributed by atoms with Gasteiger partial charge in [0.25, 0.3) is 0 Å². The van der Waals surface area contributed by atoms with Gasteiger partial charge in [-0.2, -0.15) is 5.10 Å². The number of ether oxygens (including phenoxy) is 1. The average Bonchev–Trinajstić information content (AvgIpc) is 2.81. The molecule has 6 heteroatoms. The van der Waals surface area contributed by atoms with E-state index in [1.807, 2.05) is 20.8 Å². The lowest BCUT2D eigenvalue weighted by Crippen LogP contribution is -2.50. The molecule has 1 fully saturated rings. The minimum absolute atomic E-state index is 0.0755. The smallest absolute Gasteiger partial charge is 0.359 e. The summed E-state index contributed by atoms with van der Waals surface area (Å²) in [7, 11) is 0. The quantitative estimate of drug-likeness (QED) is 0.777. The summed E-state index contributed by atoms with van der Waals surface area (Å²) in [4.78, 5) is 12.4. The second-order valence-corrected chi connectivity index (χ2v) is 7.80. The molecule has 0 bridgehead atoms. The first-order valence-electron chi connectivity index (χ1n) is 8.43. The predicted octanol–water partition coefficient (Wildman–Crippen LogP) is 4.09. The number of carbonyl (C=O) groups excluding carboxylic acids is 1. The minimum atomic E-state index is -2.55. The van der Waals surface area contributed by atoms with Gasteiger partial charge in [0, 0.05) is 30.6 Å². The van der Waals surface area contributed by atoms with Crippen LogP contribution in [-0.4, -0.2) is 28.3 Å². The zero-order valence-corrected chi connectivity index (χ0v) is 14.5. The number of carbonyl (C=O) groups is 1. The number of allylic oxidation sites excluding steroid dienone is 1. The zero-order chi connectivity index (χ0) is 17.7. The molecule has 1 aliphatic carbocycles. The molecule has 132 valence electrons. The number of nitrogens with zero attached hydrogens (tertiary/aromatic N) is 2. The highest BCUT2D eigenvalue weighted by atomic mass is 19.3. The van der Waals surface area contributed by atoms with E-state index in [1.54, 1.807) is 4.68 Å². The van der Waals surface area contributed by atoms with Crippen molar-refractivity contribution in [2.24, 2.45) is 11.3 Å². The van der Waals surface area contributed by atoms with Gasteiger partial charge in [-0.25, -0.2) is 13.6 Å². The molecule has 0 N–H and O–H groups in total. The molecular formula is C18H24F2N2O2. The highest BCUT2D eigenvalue weighted by Gasteiger charge is 2.57. The summed E-state index contributed by atoms with van der Waals surface area (Å²) in [5, 5.41) is 4.40. The van der Waals surface area contributed by atoms with Crippen molar-refractivity contribution in [3.63, 3.8) is 0 Å². The normalized spacial score (nSPS) is 20.6. The van der Waals surface area contributed by atoms with Crippen molar-refractivity contribution in [1.29, 1.82) is 0 Å². The Morgan fingerprint density at radius 2 is 2.08 bits per heavy atom. The van der Waals surface area contributed by atoms with Gasteiger partial charge in [-0.3, -0.25) is 4.68 Å². The van der Waals surface area contributed by atoms with Crippen LogP contribution in [0, 0.1) is 11.3 Å². The van der Waals surface area contributed by atoms with Crippen molar-refractivity contribution in [1.82, 2.24) is 9.78 Å². The van der Waals surface area contributed by atoms with Crippen LogP contribution in [0.3, 0.4) is 0 Å². The van der Waals surface area contributed by atoms with E-state index in [4.69, 9.17) is 4.74 Å². The Kier molecular flexibility index (Phi) is 4.04. The van der Waals surface area contributed by atoms with Crippen LogP contribution in [0.5, 0.6) is 0 Å². The van der Waals surface area contributed by atoms with Gasteiger partial charge in [-0.15, -0.1) is 0 Å². The molecular weight excluding hydrogens is 314 g/mol. The molecule has 1 saturated carbocycles. The highest BCUT2D eigenvalue weighted by molar-refractivity contribution is 5.93. The van der Waals surface area contributed by atoms with E-state index < -0.39 is 11.9 Å². The average molecular weight is 338 g/mol. The van der Waals surface area contributed by atoms with Gasteiger partial charge >= 0.3 is 5.97 Å². The lowest BCUT2D eigenvalue weighted by Gasteiger charge is -2.49. The molecule has 1 aliphatic heterocycles. The van der Waals surface area contributed by atoms with Crippen LogP contribution in [0.2, 0.25) is 0 Å². The molecule has 1 aromatic heterocycles. The largest absolute Gasteiger partial charge is 0.461 e. The maximum Gasteiger partial charge on any atom is 0.359 e. The fourth-order valence-electron chi connectivity index (χ4n) is 3.90. The molecule has 1 aromatic rings. The summed E-state index contributed by atoms with van der Waals surface area (Å²) in [5.74, 6) is -2.78. The van der Waals surface area contributed by atoms with Crippen molar-refractivity contribution < 1.29 is 18.3 Å². The molecule has 0 radical (unpaired) electrons. The molecule has 0 unspecified atom stereocenters. The van der Waals surface area contributed by atoms with Gasteiger partial charge < -0.3 is 4.74 Å². The number of hydrogen-bond donors (Lipinski definition) is 0. The molecule has 0 atom stereocenters. The molecule has 0 amide bonds. The first-order valence-corrected chi connectivity index (χ1v) is 8.43. The Morgan fingerprint density at radius 1 is 1.42 bits per heavy atom. The van der Waals surface area contributed by atoms with E-state index in [2.05, 4.69) is 11.7 Å². The third-order valence-electron chi connectivity index (χ3n) is 4.89. The summed E-state index contributed by atoms with van der Waals surface area (Å²) in [6, 6.07) is 0. The van der Waals surface area contributed by atoms with E-state index in [-0.39, 0.29) is 29.9 Å². The van der Waals surface area contributed by atoms with E-state index in [9.17, 15) is 13.6 Å². The lowest BCUT2D eigenvalue weighted by atomic mass is 9.60. The fourth-order valence-corrected chi connectivity index (χ4v) is 3.90. The van der Waals surface area contributed by atoms with Crippen LogP contribution in [0.25, 0.3) is 5.57 Å². The predicted molar refractivity (Wildman–Crippen MR) is 87.0 cm³/mol. The Hall–Kier alpha value is -1.72. The number of fused-ring (bicyclic) bond motifs is 1. The van der Waals surface area contributed by atoms with E-state index in [0.717, 1.165) is 11.3 Å². The Morgan fingerprint density at radius 3 is 2.62 bits per heavy atom. The first-order chi connectivity index (χ1) is 11.1. The van der Waals surface area contributed by atoms with Gasteiger partial charge in [0.2, 0.25) is 5.92 Å². The number of rotatable bonds is 4. The second-order valence-electron chi connectivity index (χ2n) is 7.80. The minimum Gasteiger partial charge on any atom is -0.461 e. The molecule has 2 heterocycles. The van der Waals surface area contributed by atoms with Crippen molar-refractivity contribution in [3.8, 4) is 0 Å². The zero-order valence-electron chi connectivity index (χ0n) is 14.5. The Balaban J connectivity index is 1.89. The lowest BCUT2D eigenvalue weighted by molar-refractivity contribution is -0.168. The number of halogens is 2. The summed E-state index contributed by atoms with van der Waals surface area (Å²) < 4.78 is 33.9. The Bertz CT molecular complexity index is 683. The van der Waals surface area contributed by atoms with Gasteiger partial charge in [-0.1, -0.05) is 20.4 Å². The van der Waals surface area contributed by atoms with E-state index >= 15 is 0 Å². The maximum atomic E-state index is 13.4. The van der Waals surface area contributed by atoms with Crippen molar-refractivity contribution >= 4 is 11.5 Å². The van der Waals surface area contributed by atoms with Gasteiger partial charge in [0.05, 0.1) is 6.61 Å². The molecule has 1 spiro atoms. The van der Waals surface area contributed by atoms with Crippen LogP contribution in [0.1, 0.15) is 61.8 Å². The number of alkyl halides is 2. The van der Waals surface area contributed by atoms with Crippen LogP contribution >= 0.6 is 0 Å². The second kappa shape index (κ2) is 5.67. The van der Waals surface area contributed by atoms with Gasteiger partial charge in [0.1, 0.15) is 0 Å². The van der Waals surface area contributed by atoms with Crippen LogP contribution in [0.15, 0.2) is 6.58 Å². The Labute approximate surface area is 140 Å². The van der Waals surface area contributed by atoms with Gasteiger partial charge in [-0.05, 0) is 36.7 Å². The number of aromatic nitrogens is 2. The highest BCUT2D eigenvalue weighted by Crippen LogP contribution is 2.57. The molecule has 4 nitrogen and oxygen atoms in total. The topological polar surface area (TPSA) is 44.1 Å². The standard InChI is InChI=1S/C18H24F2N2O2/c1-11(2)8-24-16(23)15-14(12(3)4)13-7-17(5-6-22(13)21-15)9-18(19,20)10-17/h11H,3,5-10H2,1-2,4H3. The monoisotopic (exact) mass is 338 g/mol. The van der Waals surface area contributed by atoms with Crippen LogP contribution in [0.4, 0.5) is 8.78 Å². The van der Waals surface area contributed by atoms with Crippen molar-refractivity contribution in [2.75, 3.05) is 6.61 Å². The summed E-state index contributed by atoms with van der Waals surface area (Å²) in [6.07, 6.45) is 1.05. The number of aryl methyl sites for hydroxylation is 1. The number of esters is 1. The van der Waals surface area contributed by atoms with E-state index in [0.29, 0.717) is 31.6 Å². The van der Waals surface area contributed by atoms with E-state index in [1.165, 1.54) is 0 Å². The SMILES string of the molecule is C=C(C)c1c(C(=O)OCC(C)C)nn2c1CC1(CC2)CC(F)(F)C1. The molecule has 24 heavy (non-hydrogen) atoms. The molecule has 3 rings (SSSR count). The fraction of sp³-hybridized carbons (Fsp3) is 0.667.